The number of ether oxygens (including phenoxy) is 2. The van der Waals surface area contributed by atoms with Crippen molar-refractivity contribution in [1.82, 2.24) is 10.6 Å². The van der Waals surface area contributed by atoms with Gasteiger partial charge in [-0.25, -0.2) is 0 Å². The molecule has 1 unspecified atom stereocenters. The molecule has 0 aromatic heterocycles. The predicted octanol–water partition coefficient (Wildman–Crippen LogP) is 6.46. The first kappa shape index (κ1) is 22.0. The average Bonchev–Trinajstić information content (AvgIpc) is 3.19. The van der Waals surface area contributed by atoms with E-state index in [9.17, 15) is 0 Å². The van der Waals surface area contributed by atoms with Crippen LogP contribution in [0.1, 0.15) is 48.8 Å². The third kappa shape index (κ3) is 4.99. The Kier molecular flexibility index (Phi) is 6.73. The molecule has 0 radical (unpaired) electrons. The molecule has 3 atom stereocenters. The van der Waals surface area contributed by atoms with Crippen LogP contribution < -0.4 is 20.1 Å². The van der Waals surface area contributed by atoms with E-state index in [1.165, 1.54) is 0 Å². The molecule has 1 aliphatic rings. The van der Waals surface area contributed by atoms with Crippen LogP contribution in [0.5, 0.6) is 11.5 Å². The van der Waals surface area contributed by atoms with Crippen LogP contribution >= 0.6 is 23.2 Å². The Balaban J connectivity index is 1.72. The van der Waals surface area contributed by atoms with Crippen LogP contribution in [0.2, 0.25) is 10.0 Å². The Hall–Kier alpha value is -2.24. The minimum absolute atomic E-state index is 0.0393. The SMILES string of the molecule is COc1ccc(C2N[C@H](c3ccc(Cl)cc3)[C@H](c3ccc(Cl)cc3)N2)c(OC(C)C)c1. The monoisotopic (exact) mass is 456 g/mol. The zero-order valence-electron chi connectivity index (χ0n) is 17.7. The van der Waals surface area contributed by atoms with Crippen LogP contribution in [-0.4, -0.2) is 13.2 Å². The Morgan fingerprint density at radius 2 is 1.29 bits per heavy atom. The number of rotatable bonds is 6. The van der Waals surface area contributed by atoms with E-state index in [1.807, 2.05) is 56.3 Å². The molecule has 3 aromatic rings. The summed E-state index contributed by atoms with van der Waals surface area (Å²) in [5.74, 6) is 1.56. The Bertz CT molecular complexity index is 969. The summed E-state index contributed by atoms with van der Waals surface area (Å²) in [6.07, 6.45) is -0.0626. The lowest BCUT2D eigenvalue weighted by atomic mass is 9.95. The molecule has 0 aliphatic carbocycles. The first-order valence-corrected chi connectivity index (χ1v) is 11.1. The normalized spacial score (nSPS) is 20.8. The van der Waals surface area contributed by atoms with Crippen molar-refractivity contribution in [3.05, 3.63) is 93.5 Å². The molecule has 6 heteroatoms. The maximum atomic E-state index is 6.13. The van der Waals surface area contributed by atoms with Gasteiger partial charge in [0.25, 0.3) is 0 Å². The molecular weight excluding hydrogens is 431 g/mol. The van der Waals surface area contributed by atoms with E-state index in [0.717, 1.165) is 38.2 Å². The molecule has 0 bridgehead atoms. The summed E-state index contributed by atoms with van der Waals surface area (Å²) in [7, 11) is 1.66. The van der Waals surface area contributed by atoms with Gasteiger partial charge in [-0.15, -0.1) is 0 Å². The highest BCUT2D eigenvalue weighted by atomic mass is 35.5. The van der Waals surface area contributed by atoms with Gasteiger partial charge >= 0.3 is 0 Å². The number of nitrogens with one attached hydrogen (secondary N) is 2. The van der Waals surface area contributed by atoms with E-state index in [4.69, 9.17) is 32.7 Å². The van der Waals surface area contributed by atoms with Crippen molar-refractivity contribution in [2.24, 2.45) is 0 Å². The van der Waals surface area contributed by atoms with Crippen molar-refractivity contribution in [3.8, 4) is 11.5 Å². The van der Waals surface area contributed by atoms with Crippen molar-refractivity contribution >= 4 is 23.2 Å². The zero-order chi connectivity index (χ0) is 22.0. The van der Waals surface area contributed by atoms with E-state index >= 15 is 0 Å². The predicted molar refractivity (Wildman–Crippen MR) is 126 cm³/mol. The molecule has 0 spiro atoms. The van der Waals surface area contributed by atoms with Gasteiger partial charge in [0, 0.05) is 21.7 Å². The fourth-order valence-corrected chi connectivity index (χ4v) is 4.18. The van der Waals surface area contributed by atoms with Gasteiger partial charge in [0.15, 0.2) is 0 Å². The van der Waals surface area contributed by atoms with Crippen LogP contribution in [0.25, 0.3) is 0 Å². The summed E-state index contributed by atoms with van der Waals surface area (Å²) < 4.78 is 11.5. The lowest BCUT2D eigenvalue weighted by Gasteiger charge is -2.20. The maximum Gasteiger partial charge on any atom is 0.129 e. The third-order valence-electron chi connectivity index (χ3n) is 5.38. The van der Waals surface area contributed by atoms with E-state index < -0.39 is 0 Å². The summed E-state index contributed by atoms with van der Waals surface area (Å²) in [6, 6.07) is 22.0. The second-order valence-corrected chi connectivity index (χ2v) is 8.77. The van der Waals surface area contributed by atoms with Crippen molar-refractivity contribution in [3.63, 3.8) is 0 Å². The minimum Gasteiger partial charge on any atom is -0.497 e. The number of halogens is 2. The summed E-state index contributed by atoms with van der Waals surface area (Å²) in [5, 5.41) is 8.94. The molecule has 162 valence electrons. The second-order valence-electron chi connectivity index (χ2n) is 7.90. The molecule has 1 aliphatic heterocycles. The van der Waals surface area contributed by atoms with Gasteiger partial charge in [-0.05, 0) is 61.4 Å². The highest BCUT2D eigenvalue weighted by molar-refractivity contribution is 6.30. The van der Waals surface area contributed by atoms with Crippen molar-refractivity contribution in [2.45, 2.75) is 38.2 Å². The minimum atomic E-state index is -0.110. The number of benzene rings is 3. The number of hydrogen-bond acceptors (Lipinski definition) is 4. The first-order valence-electron chi connectivity index (χ1n) is 10.3. The van der Waals surface area contributed by atoms with Crippen LogP contribution in [0, 0.1) is 0 Å². The van der Waals surface area contributed by atoms with E-state index in [-0.39, 0.29) is 24.4 Å². The van der Waals surface area contributed by atoms with Crippen LogP contribution in [-0.2, 0) is 0 Å². The summed E-state index contributed by atoms with van der Waals surface area (Å²) in [4.78, 5) is 0. The largest absolute Gasteiger partial charge is 0.497 e. The molecule has 0 amide bonds. The second kappa shape index (κ2) is 9.49. The van der Waals surface area contributed by atoms with Crippen molar-refractivity contribution in [2.75, 3.05) is 7.11 Å². The molecule has 4 rings (SSSR count). The van der Waals surface area contributed by atoms with Gasteiger partial charge in [0.2, 0.25) is 0 Å². The Labute approximate surface area is 193 Å². The molecule has 1 fully saturated rings. The molecule has 31 heavy (non-hydrogen) atoms. The Morgan fingerprint density at radius 1 is 0.774 bits per heavy atom. The Morgan fingerprint density at radius 3 is 1.74 bits per heavy atom. The third-order valence-corrected chi connectivity index (χ3v) is 5.88. The van der Waals surface area contributed by atoms with Gasteiger partial charge in [0.05, 0.1) is 31.5 Å². The lowest BCUT2D eigenvalue weighted by molar-refractivity contribution is 0.236. The maximum absolute atomic E-state index is 6.13. The van der Waals surface area contributed by atoms with Crippen LogP contribution in [0.15, 0.2) is 66.7 Å². The topological polar surface area (TPSA) is 42.5 Å². The quantitative estimate of drug-likeness (QED) is 0.446. The molecule has 4 nitrogen and oxygen atoms in total. The van der Waals surface area contributed by atoms with E-state index in [0.29, 0.717) is 0 Å². The first-order chi connectivity index (χ1) is 14.9. The van der Waals surface area contributed by atoms with E-state index in [2.05, 4.69) is 34.9 Å². The van der Waals surface area contributed by atoms with E-state index in [1.54, 1.807) is 7.11 Å². The fraction of sp³-hybridized carbons (Fsp3) is 0.280. The summed E-state index contributed by atoms with van der Waals surface area (Å²) >= 11 is 12.3. The molecule has 0 saturated carbocycles. The lowest BCUT2D eigenvalue weighted by Crippen LogP contribution is -2.24. The fourth-order valence-electron chi connectivity index (χ4n) is 3.93. The van der Waals surface area contributed by atoms with Gasteiger partial charge in [-0.2, -0.15) is 0 Å². The van der Waals surface area contributed by atoms with Gasteiger partial charge < -0.3 is 9.47 Å². The van der Waals surface area contributed by atoms with Crippen molar-refractivity contribution < 1.29 is 9.47 Å². The molecular formula is C25H26Cl2N2O2. The van der Waals surface area contributed by atoms with Gasteiger partial charge in [0.1, 0.15) is 11.5 Å². The summed E-state index contributed by atoms with van der Waals surface area (Å²) in [5.41, 5.74) is 3.34. The molecule has 3 aromatic carbocycles. The van der Waals surface area contributed by atoms with Crippen LogP contribution in [0.3, 0.4) is 0 Å². The number of methoxy groups -OCH3 is 1. The van der Waals surface area contributed by atoms with Gasteiger partial charge in [-0.1, -0.05) is 47.5 Å². The highest BCUT2D eigenvalue weighted by Crippen LogP contribution is 2.41. The average molecular weight is 457 g/mol. The molecule has 1 heterocycles. The highest BCUT2D eigenvalue weighted by Gasteiger charge is 2.37. The van der Waals surface area contributed by atoms with Crippen molar-refractivity contribution in [1.29, 1.82) is 0 Å². The standard InChI is InChI=1S/C25H26Cl2N2O2/c1-15(2)31-22-14-20(30-3)12-13-21(22)25-28-23(16-4-8-18(26)9-5-16)24(29-25)17-6-10-19(27)11-7-17/h4-15,23-25,28-29H,1-3H3/t23-,24+,25?. The molecule has 2 N–H and O–H groups in total. The smallest absolute Gasteiger partial charge is 0.129 e. The molecule has 1 saturated heterocycles. The van der Waals surface area contributed by atoms with Crippen LogP contribution in [0.4, 0.5) is 0 Å². The number of hydrogen-bond donors (Lipinski definition) is 2. The summed E-state index contributed by atoms with van der Waals surface area (Å²) in [6.45, 7) is 4.04. The van der Waals surface area contributed by atoms with Gasteiger partial charge in [-0.3, -0.25) is 10.6 Å². The zero-order valence-corrected chi connectivity index (χ0v) is 19.2.